The Morgan fingerprint density at radius 1 is 1.43 bits per heavy atom. The minimum Gasteiger partial charge on any atom is -0.493 e. The van der Waals surface area contributed by atoms with Gasteiger partial charge in [-0.2, -0.15) is 11.8 Å². The zero-order valence-corrected chi connectivity index (χ0v) is 14.0. The van der Waals surface area contributed by atoms with Crippen LogP contribution in [0.3, 0.4) is 0 Å². The Hall–Kier alpha value is -1.21. The molecule has 114 valence electrons. The van der Waals surface area contributed by atoms with Crippen LogP contribution >= 0.6 is 27.7 Å². The lowest BCUT2D eigenvalue weighted by Gasteiger charge is -2.26. The van der Waals surface area contributed by atoms with Gasteiger partial charge in [0.2, 0.25) is 0 Å². The number of carbonyl (C=O) groups excluding carboxylic acids is 2. The van der Waals surface area contributed by atoms with Crippen molar-refractivity contribution in [3.8, 4) is 11.5 Å². The van der Waals surface area contributed by atoms with Gasteiger partial charge >= 0.3 is 0 Å². The highest BCUT2D eigenvalue weighted by Crippen LogP contribution is 2.36. The second-order valence-electron chi connectivity index (χ2n) is 4.43. The molecule has 0 atom stereocenters. The lowest BCUT2D eigenvalue weighted by Crippen LogP contribution is -2.40. The monoisotopic (exact) mass is 373 g/mol. The second-order valence-corrected chi connectivity index (χ2v) is 6.51. The van der Waals surface area contributed by atoms with E-state index in [1.807, 2.05) is 11.8 Å². The van der Waals surface area contributed by atoms with Gasteiger partial charge in [-0.3, -0.25) is 9.59 Å². The number of amides is 1. The van der Waals surface area contributed by atoms with Gasteiger partial charge in [0.05, 0.1) is 11.6 Å². The van der Waals surface area contributed by atoms with Crippen molar-refractivity contribution in [2.75, 3.05) is 38.3 Å². The van der Waals surface area contributed by atoms with E-state index in [0.717, 1.165) is 30.9 Å². The third-order valence-electron chi connectivity index (χ3n) is 3.09. The molecule has 1 aliphatic rings. The predicted molar refractivity (Wildman–Crippen MR) is 85.5 cm³/mol. The number of rotatable bonds is 5. The van der Waals surface area contributed by atoms with Gasteiger partial charge in [0.15, 0.2) is 18.1 Å². The van der Waals surface area contributed by atoms with E-state index in [1.165, 1.54) is 7.11 Å². The number of ether oxygens (including phenoxy) is 2. The van der Waals surface area contributed by atoms with Crippen molar-refractivity contribution in [3.05, 3.63) is 22.2 Å². The van der Waals surface area contributed by atoms with Crippen molar-refractivity contribution < 1.29 is 19.1 Å². The molecular formula is C14H16BrNO4S. The predicted octanol–water partition coefficient (Wildman–Crippen LogP) is 2.22. The molecule has 1 amide bonds. The van der Waals surface area contributed by atoms with Crippen LogP contribution in [0.15, 0.2) is 16.6 Å². The molecule has 2 rings (SSSR count). The molecule has 7 heteroatoms. The summed E-state index contributed by atoms with van der Waals surface area (Å²) < 4.78 is 11.4. The van der Waals surface area contributed by atoms with Crippen LogP contribution in [0, 0.1) is 0 Å². The van der Waals surface area contributed by atoms with E-state index in [0.29, 0.717) is 21.5 Å². The number of hydrogen-bond donors (Lipinski definition) is 0. The number of aldehydes is 1. The zero-order valence-electron chi connectivity index (χ0n) is 11.6. The van der Waals surface area contributed by atoms with Crippen LogP contribution in [0.4, 0.5) is 0 Å². The van der Waals surface area contributed by atoms with Crippen molar-refractivity contribution in [2.24, 2.45) is 0 Å². The molecule has 1 aromatic rings. The molecule has 0 spiro atoms. The number of nitrogens with zero attached hydrogens (tertiary/aromatic N) is 1. The van der Waals surface area contributed by atoms with E-state index in [9.17, 15) is 9.59 Å². The second kappa shape index (κ2) is 7.70. The molecule has 1 aromatic carbocycles. The van der Waals surface area contributed by atoms with Gasteiger partial charge in [-0.1, -0.05) is 0 Å². The molecule has 0 bridgehead atoms. The van der Waals surface area contributed by atoms with Crippen LogP contribution in [0.1, 0.15) is 10.4 Å². The zero-order chi connectivity index (χ0) is 15.2. The molecule has 0 aliphatic carbocycles. The highest BCUT2D eigenvalue weighted by Gasteiger charge is 2.19. The fourth-order valence-electron chi connectivity index (χ4n) is 1.99. The van der Waals surface area contributed by atoms with Gasteiger partial charge in [-0.05, 0) is 28.1 Å². The molecular weight excluding hydrogens is 358 g/mol. The normalized spacial score (nSPS) is 14.7. The molecule has 0 aromatic heterocycles. The van der Waals surface area contributed by atoms with E-state index in [2.05, 4.69) is 15.9 Å². The molecule has 1 saturated heterocycles. The van der Waals surface area contributed by atoms with Gasteiger partial charge < -0.3 is 14.4 Å². The summed E-state index contributed by atoms with van der Waals surface area (Å²) >= 11 is 5.18. The quantitative estimate of drug-likeness (QED) is 0.740. The van der Waals surface area contributed by atoms with Crippen molar-refractivity contribution in [1.82, 2.24) is 4.90 Å². The number of halogens is 1. The Bertz CT molecular complexity index is 532. The van der Waals surface area contributed by atoms with Crippen molar-refractivity contribution >= 4 is 39.9 Å². The Balaban J connectivity index is 2.05. The Morgan fingerprint density at radius 3 is 2.76 bits per heavy atom. The van der Waals surface area contributed by atoms with Crippen LogP contribution in [0.5, 0.6) is 11.5 Å². The molecule has 1 aliphatic heterocycles. The van der Waals surface area contributed by atoms with Crippen LogP contribution < -0.4 is 9.47 Å². The maximum atomic E-state index is 12.1. The Kier molecular flexibility index (Phi) is 5.93. The number of carbonyl (C=O) groups is 2. The minimum atomic E-state index is -0.0416. The first kappa shape index (κ1) is 16.2. The van der Waals surface area contributed by atoms with Gasteiger partial charge in [0.1, 0.15) is 6.29 Å². The molecule has 1 fully saturated rings. The topological polar surface area (TPSA) is 55.8 Å². The fraction of sp³-hybridized carbons (Fsp3) is 0.429. The van der Waals surface area contributed by atoms with Crippen LogP contribution in [-0.4, -0.2) is 55.4 Å². The molecule has 0 saturated carbocycles. The highest BCUT2D eigenvalue weighted by molar-refractivity contribution is 9.10. The number of methoxy groups -OCH3 is 1. The molecule has 0 N–H and O–H groups in total. The SMILES string of the molecule is COc1cc(C=O)cc(Br)c1OCC(=O)N1CCSCC1. The molecule has 0 unspecified atom stereocenters. The van der Waals surface area contributed by atoms with E-state index in [1.54, 1.807) is 17.0 Å². The number of benzene rings is 1. The molecule has 5 nitrogen and oxygen atoms in total. The maximum absolute atomic E-state index is 12.1. The summed E-state index contributed by atoms with van der Waals surface area (Å²) in [5, 5.41) is 0. The van der Waals surface area contributed by atoms with Crippen LogP contribution in [0.25, 0.3) is 0 Å². The lowest BCUT2D eigenvalue weighted by atomic mass is 10.2. The van der Waals surface area contributed by atoms with Crippen molar-refractivity contribution in [1.29, 1.82) is 0 Å². The van der Waals surface area contributed by atoms with E-state index in [-0.39, 0.29) is 12.5 Å². The highest BCUT2D eigenvalue weighted by atomic mass is 79.9. The standard InChI is InChI=1S/C14H16BrNO4S/c1-19-12-7-10(8-17)6-11(15)14(12)20-9-13(18)16-2-4-21-5-3-16/h6-8H,2-5,9H2,1H3. The number of thioether (sulfide) groups is 1. The third kappa shape index (κ3) is 4.14. The van der Waals surface area contributed by atoms with E-state index < -0.39 is 0 Å². The Morgan fingerprint density at radius 2 is 2.14 bits per heavy atom. The lowest BCUT2D eigenvalue weighted by molar-refractivity contribution is -0.133. The van der Waals surface area contributed by atoms with Gasteiger partial charge in [0.25, 0.3) is 5.91 Å². The fourth-order valence-corrected chi connectivity index (χ4v) is 3.46. The molecule has 0 radical (unpaired) electrons. The van der Waals surface area contributed by atoms with Crippen LogP contribution in [-0.2, 0) is 4.79 Å². The van der Waals surface area contributed by atoms with E-state index >= 15 is 0 Å². The van der Waals surface area contributed by atoms with Crippen molar-refractivity contribution in [2.45, 2.75) is 0 Å². The average Bonchev–Trinajstić information content (AvgIpc) is 2.53. The summed E-state index contributed by atoms with van der Waals surface area (Å²) in [6.07, 6.45) is 0.730. The summed E-state index contributed by atoms with van der Waals surface area (Å²) in [5.41, 5.74) is 0.477. The Labute approximate surface area is 136 Å². The first-order valence-electron chi connectivity index (χ1n) is 6.46. The third-order valence-corrected chi connectivity index (χ3v) is 4.62. The van der Waals surface area contributed by atoms with Crippen molar-refractivity contribution in [3.63, 3.8) is 0 Å². The minimum absolute atomic E-state index is 0.0382. The van der Waals surface area contributed by atoms with Gasteiger partial charge in [0, 0.05) is 30.2 Å². The first-order valence-corrected chi connectivity index (χ1v) is 8.41. The van der Waals surface area contributed by atoms with Crippen LogP contribution in [0.2, 0.25) is 0 Å². The smallest absolute Gasteiger partial charge is 0.260 e. The molecule has 21 heavy (non-hydrogen) atoms. The van der Waals surface area contributed by atoms with Gasteiger partial charge in [-0.25, -0.2) is 0 Å². The summed E-state index contributed by atoms with van der Waals surface area (Å²) in [5.74, 6) is 2.75. The largest absolute Gasteiger partial charge is 0.493 e. The molecule has 1 heterocycles. The summed E-state index contributed by atoms with van der Waals surface area (Å²) in [7, 11) is 1.49. The van der Waals surface area contributed by atoms with E-state index in [4.69, 9.17) is 9.47 Å². The first-order chi connectivity index (χ1) is 10.2. The average molecular weight is 374 g/mol. The maximum Gasteiger partial charge on any atom is 0.260 e. The summed E-state index contributed by atoms with van der Waals surface area (Å²) in [6.45, 7) is 1.48. The van der Waals surface area contributed by atoms with Gasteiger partial charge in [-0.15, -0.1) is 0 Å². The number of hydrogen-bond acceptors (Lipinski definition) is 5. The summed E-state index contributed by atoms with van der Waals surface area (Å²) in [6, 6.07) is 3.21. The summed E-state index contributed by atoms with van der Waals surface area (Å²) in [4.78, 5) is 24.7.